The van der Waals surface area contributed by atoms with Crippen molar-refractivity contribution in [1.29, 1.82) is 0 Å². The number of hydrogen-bond donors (Lipinski definition) is 2. The SMILES string of the molecule is O=C(NC1CCc2sc(C(=O)O)c(Cl)c2C1)OCc1ccccc1. The highest BCUT2D eigenvalue weighted by atomic mass is 35.5. The van der Waals surface area contributed by atoms with Crippen LogP contribution < -0.4 is 5.32 Å². The Bertz CT molecular complexity index is 759. The normalized spacial score (nSPS) is 16.3. The third-order valence-corrected chi connectivity index (χ3v) is 5.73. The van der Waals surface area contributed by atoms with Gasteiger partial charge in [-0.3, -0.25) is 0 Å². The monoisotopic (exact) mass is 365 g/mol. The molecule has 0 bridgehead atoms. The summed E-state index contributed by atoms with van der Waals surface area (Å²) in [6.07, 6.45) is 1.50. The van der Waals surface area contributed by atoms with Crippen LogP contribution in [0.15, 0.2) is 30.3 Å². The third-order valence-electron chi connectivity index (χ3n) is 3.93. The first-order valence-electron chi connectivity index (χ1n) is 7.55. The van der Waals surface area contributed by atoms with Crippen LogP contribution in [0, 0.1) is 0 Å². The number of carbonyl (C=O) groups excluding carboxylic acids is 1. The lowest BCUT2D eigenvalue weighted by atomic mass is 9.94. The molecular weight excluding hydrogens is 350 g/mol. The number of alkyl carbamates (subject to hydrolysis) is 1. The van der Waals surface area contributed by atoms with Gasteiger partial charge in [-0.25, -0.2) is 9.59 Å². The average molecular weight is 366 g/mol. The van der Waals surface area contributed by atoms with E-state index in [-0.39, 0.29) is 17.5 Å². The van der Waals surface area contributed by atoms with E-state index in [0.717, 1.165) is 22.4 Å². The van der Waals surface area contributed by atoms with Crippen molar-refractivity contribution in [1.82, 2.24) is 5.32 Å². The molecular formula is C17H16ClNO4S. The van der Waals surface area contributed by atoms with E-state index in [9.17, 15) is 9.59 Å². The second-order valence-electron chi connectivity index (χ2n) is 5.60. The van der Waals surface area contributed by atoms with Gasteiger partial charge in [0.25, 0.3) is 0 Å². The lowest BCUT2D eigenvalue weighted by Crippen LogP contribution is -2.38. The summed E-state index contributed by atoms with van der Waals surface area (Å²) in [5.74, 6) is -1.01. The Morgan fingerprint density at radius 2 is 2.08 bits per heavy atom. The first-order valence-corrected chi connectivity index (χ1v) is 8.74. The predicted molar refractivity (Wildman–Crippen MR) is 91.9 cm³/mol. The maximum Gasteiger partial charge on any atom is 0.407 e. The Kier molecular flexibility index (Phi) is 5.06. The number of nitrogens with one attached hydrogen (secondary N) is 1. The van der Waals surface area contributed by atoms with Gasteiger partial charge < -0.3 is 15.2 Å². The molecule has 0 spiro atoms. The fraction of sp³-hybridized carbons (Fsp3) is 0.294. The molecule has 0 saturated heterocycles. The number of rotatable bonds is 4. The number of hydrogen-bond acceptors (Lipinski definition) is 4. The van der Waals surface area contributed by atoms with Crippen LogP contribution in [0.5, 0.6) is 0 Å². The van der Waals surface area contributed by atoms with E-state index >= 15 is 0 Å². The van der Waals surface area contributed by atoms with Crippen LogP contribution in [0.1, 0.15) is 32.1 Å². The van der Waals surface area contributed by atoms with E-state index in [2.05, 4.69) is 5.32 Å². The minimum absolute atomic E-state index is 0.102. The molecule has 0 saturated carbocycles. The third kappa shape index (κ3) is 3.71. The highest BCUT2D eigenvalue weighted by Gasteiger charge is 2.28. The van der Waals surface area contributed by atoms with E-state index in [1.165, 1.54) is 11.3 Å². The number of thiophene rings is 1. The molecule has 1 atom stereocenters. The summed E-state index contributed by atoms with van der Waals surface area (Å²) < 4.78 is 5.22. The number of carboxylic acid groups (broad SMARTS) is 1. The molecule has 1 heterocycles. The summed E-state index contributed by atoms with van der Waals surface area (Å²) in [5, 5.41) is 12.3. The molecule has 1 unspecified atom stereocenters. The highest BCUT2D eigenvalue weighted by Crippen LogP contribution is 2.37. The van der Waals surface area contributed by atoms with Gasteiger partial charge in [0.2, 0.25) is 0 Å². The zero-order valence-corrected chi connectivity index (χ0v) is 14.3. The van der Waals surface area contributed by atoms with E-state index in [4.69, 9.17) is 21.4 Å². The minimum Gasteiger partial charge on any atom is -0.477 e. The fourth-order valence-corrected chi connectivity index (χ4v) is 4.26. The molecule has 0 fully saturated rings. The topological polar surface area (TPSA) is 75.6 Å². The van der Waals surface area contributed by atoms with Crippen molar-refractivity contribution in [2.45, 2.75) is 31.9 Å². The van der Waals surface area contributed by atoms with E-state index in [0.29, 0.717) is 17.9 Å². The minimum atomic E-state index is -1.01. The molecule has 5 nitrogen and oxygen atoms in total. The molecule has 1 amide bonds. The molecule has 1 aliphatic rings. The first kappa shape index (κ1) is 16.8. The van der Waals surface area contributed by atoms with Crippen molar-refractivity contribution in [2.75, 3.05) is 0 Å². The van der Waals surface area contributed by atoms with Crippen molar-refractivity contribution in [3.63, 3.8) is 0 Å². The zero-order valence-electron chi connectivity index (χ0n) is 12.8. The van der Waals surface area contributed by atoms with Crippen molar-refractivity contribution >= 4 is 35.0 Å². The Hall–Kier alpha value is -2.05. The Labute approximate surface area is 148 Å². The number of carboxylic acids is 1. The fourth-order valence-electron chi connectivity index (χ4n) is 2.74. The molecule has 24 heavy (non-hydrogen) atoms. The van der Waals surface area contributed by atoms with Crippen molar-refractivity contribution < 1.29 is 19.4 Å². The molecule has 1 aromatic heterocycles. The summed E-state index contributed by atoms with van der Waals surface area (Å²) in [5.41, 5.74) is 1.75. The van der Waals surface area contributed by atoms with Crippen molar-refractivity contribution in [3.8, 4) is 0 Å². The molecule has 0 aliphatic heterocycles. The highest BCUT2D eigenvalue weighted by molar-refractivity contribution is 7.14. The van der Waals surface area contributed by atoms with Gasteiger partial charge in [-0.1, -0.05) is 41.9 Å². The van der Waals surface area contributed by atoms with Crippen LogP contribution in [-0.4, -0.2) is 23.2 Å². The Morgan fingerprint density at radius 3 is 2.79 bits per heavy atom. The number of aromatic carboxylic acids is 1. The number of ether oxygens (including phenoxy) is 1. The number of halogens is 1. The summed E-state index contributed by atoms with van der Waals surface area (Å²) in [6, 6.07) is 9.35. The van der Waals surface area contributed by atoms with Gasteiger partial charge in [0.1, 0.15) is 11.5 Å². The van der Waals surface area contributed by atoms with E-state index < -0.39 is 12.1 Å². The van der Waals surface area contributed by atoms with Crippen LogP contribution in [-0.2, 0) is 24.2 Å². The van der Waals surface area contributed by atoms with Gasteiger partial charge in [0, 0.05) is 10.9 Å². The Balaban J connectivity index is 1.57. The summed E-state index contributed by atoms with van der Waals surface area (Å²) in [7, 11) is 0. The van der Waals surface area contributed by atoms with Crippen molar-refractivity contribution in [2.24, 2.45) is 0 Å². The number of benzene rings is 1. The zero-order chi connectivity index (χ0) is 17.1. The molecule has 2 N–H and O–H groups in total. The standard InChI is InChI=1S/C17H16ClNO4S/c18-14-12-8-11(6-7-13(12)24-15(14)16(20)21)19-17(22)23-9-10-4-2-1-3-5-10/h1-5,11H,6-9H2,(H,19,22)(H,20,21). The molecule has 2 aromatic rings. The summed E-state index contributed by atoms with van der Waals surface area (Å²) in [6.45, 7) is 0.215. The Morgan fingerprint density at radius 1 is 1.33 bits per heavy atom. The van der Waals surface area contributed by atoms with Crippen LogP contribution in [0.2, 0.25) is 5.02 Å². The molecule has 7 heteroatoms. The number of carbonyl (C=O) groups is 2. The van der Waals surface area contributed by atoms with Gasteiger partial charge in [-0.2, -0.15) is 0 Å². The maximum atomic E-state index is 11.9. The van der Waals surface area contributed by atoms with Gasteiger partial charge >= 0.3 is 12.1 Å². The van der Waals surface area contributed by atoms with Gasteiger partial charge in [-0.15, -0.1) is 11.3 Å². The van der Waals surface area contributed by atoms with Crippen molar-refractivity contribution in [3.05, 3.63) is 56.2 Å². The quantitative estimate of drug-likeness (QED) is 0.862. The number of amides is 1. The van der Waals surface area contributed by atoms with Crippen LogP contribution in [0.3, 0.4) is 0 Å². The summed E-state index contributed by atoms with van der Waals surface area (Å²) >= 11 is 7.39. The molecule has 0 radical (unpaired) electrons. The lowest BCUT2D eigenvalue weighted by Gasteiger charge is -2.23. The van der Waals surface area contributed by atoms with Gasteiger partial charge in [-0.05, 0) is 30.4 Å². The second-order valence-corrected chi connectivity index (χ2v) is 7.08. The second kappa shape index (κ2) is 7.23. The molecule has 126 valence electrons. The van der Waals surface area contributed by atoms with Gasteiger partial charge in [0.15, 0.2) is 0 Å². The lowest BCUT2D eigenvalue weighted by molar-refractivity contribution is 0.0702. The smallest absolute Gasteiger partial charge is 0.407 e. The van der Waals surface area contributed by atoms with Gasteiger partial charge in [0.05, 0.1) is 5.02 Å². The summed E-state index contributed by atoms with van der Waals surface area (Å²) in [4.78, 5) is 24.3. The van der Waals surface area contributed by atoms with Crippen LogP contribution >= 0.6 is 22.9 Å². The number of fused-ring (bicyclic) bond motifs is 1. The molecule has 1 aromatic carbocycles. The first-order chi connectivity index (χ1) is 11.5. The van der Waals surface area contributed by atoms with Crippen LogP contribution in [0.25, 0.3) is 0 Å². The maximum absolute atomic E-state index is 11.9. The molecule has 1 aliphatic carbocycles. The largest absolute Gasteiger partial charge is 0.477 e. The van der Waals surface area contributed by atoms with E-state index in [1.807, 2.05) is 30.3 Å². The predicted octanol–water partition coefficient (Wildman–Crippen LogP) is 3.88. The molecule has 3 rings (SSSR count). The van der Waals surface area contributed by atoms with E-state index in [1.54, 1.807) is 0 Å². The number of aryl methyl sites for hydroxylation is 1. The van der Waals surface area contributed by atoms with Crippen LogP contribution in [0.4, 0.5) is 4.79 Å². The average Bonchev–Trinajstić information content (AvgIpc) is 2.91.